The molecule has 2 nitrogen and oxygen atoms in total. The molecule has 0 heterocycles. The number of rotatable bonds is 5. The van der Waals surface area contributed by atoms with E-state index in [2.05, 4.69) is 6.58 Å². The number of carbonyl (C=O) groups is 1. The molecule has 22 heavy (non-hydrogen) atoms. The van der Waals surface area contributed by atoms with Crippen molar-refractivity contribution in [1.82, 2.24) is 4.48 Å². The molecule has 0 aliphatic carbocycles. The predicted molar refractivity (Wildman–Crippen MR) is 95.1 cm³/mol. The monoisotopic (exact) mass is 354 g/mol. The molecule has 2 aromatic rings. The zero-order valence-corrected chi connectivity index (χ0v) is 14.1. The Morgan fingerprint density at radius 3 is 2.27 bits per heavy atom. The van der Waals surface area contributed by atoms with E-state index in [1.165, 1.54) is 0 Å². The topological polar surface area (TPSA) is 17.1 Å². The van der Waals surface area contributed by atoms with E-state index in [4.69, 9.17) is 34.8 Å². The van der Waals surface area contributed by atoms with Crippen molar-refractivity contribution in [3.63, 3.8) is 0 Å². The Morgan fingerprint density at radius 1 is 1.05 bits per heavy atom. The predicted octanol–water partition coefficient (Wildman–Crippen LogP) is 5.58. The molecule has 2 aromatic carbocycles. The normalized spacial score (nSPS) is 13.4. The van der Waals surface area contributed by atoms with Gasteiger partial charge in [-0.25, -0.2) is 4.79 Å². The molecule has 0 N–H and O–H groups in total. The molecule has 0 aliphatic rings. The summed E-state index contributed by atoms with van der Waals surface area (Å²) in [6, 6.07) is 14.3. The minimum atomic E-state index is -0.161. The number of alkyl halides is 1. The van der Waals surface area contributed by atoms with Crippen molar-refractivity contribution in [1.29, 1.82) is 0 Å². The standard InChI is InChI=1S/C17H15Cl3NO/c1-2-10-21(17(22)12-18,15-8-6-13(19)7-9-15)16-5-3-4-14(20)11-16/h2-9,11H,1,10,12H2/q+1. The molecule has 1 atom stereocenters. The van der Waals surface area contributed by atoms with Crippen molar-refractivity contribution >= 4 is 52.1 Å². The SMILES string of the molecule is C=CC[N+](C(=O)CCl)(c1ccc(Cl)cc1)c1cccc(Cl)c1. The van der Waals surface area contributed by atoms with Gasteiger partial charge in [0, 0.05) is 34.3 Å². The van der Waals surface area contributed by atoms with E-state index in [1.54, 1.807) is 30.3 Å². The molecule has 0 spiro atoms. The highest BCUT2D eigenvalue weighted by atomic mass is 35.5. The summed E-state index contributed by atoms with van der Waals surface area (Å²) >= 11 is 18.0. The Balaban J connectivity index is 2.73. The van der Waals surface area contributed by atoms with E-state index in [0.717, 1.165) is 11.4 Å². The summed E-state index contributed by atoms with van der Waals surface area (Å²) in [7, 11) is 0. The average Bonchev–Trinajstić information content (AvgIpc) is 2.53. The smallest absolute Gasteiger partial charge is 0.229 e. The van der Waals surface area contributed by atoms with Crippen molar-refractivity contribution < 1.29 is 4.79 Å². The molecule has 0 saturated carbocycles. The fraction of sp³-hybridized carbons (Fsp3) is 0.118. The zero-order chi connectivity index (χ0) is 16.2. The number of amides is 1. The van der Waals surface area contributed by atoms with Gasteiger partial charge in [0.05, 0.1) is 0 Å². The molecule has 1 unspecified atom stereocenters. The average molecular weight is 356 g/mol. The summed E-state index contributed by atoms with van der Waals surface area (Å²) in [5.41, 5.74) is 1.50. The van der Waals surface area contributed by atoms with Gasteiger partial charge in [-0.15, -0.1) is 11.6 Å². The van der Waals surface area contributed by atoms with Crippen LogP contribution in [0.5, 0.6) is 0 Å². The van der Waals surface area contributed by atoms with Crippen LogP contribution in [0.3, 0.4) is 0 Å². The lowest BCUT2D eigenvalue weighted by Gasteiger charge is -2.33. The number of carbonyl (C=O) groups excluding carboxylic acids is 1. The second-order valence-electron chi connectivity index (χ2n) is 4.76. The van der Waals surface area contributed by atoms with Gasteiger partial charge in [-0.2, -0.15) is 4.48 Å². The third kappa shape index (κ3) is 3.21. The van der Waals surface area contributed by atoms with Crippen LogP contribution in [0.25, 0.3) is 0 Å². The summed E-state index contributed by atoms with van der Waals surface area (Å²) < 4.78 is -0.0786. The van der Waals surface area contributed by atoms with Crippen LogP contribution in [-0.4, -0.2) is 18.3 Å². The highest BCUT2D eigenvalue weighted by Crippen LogP contribution is 2.37. The lowest BCUT2D eigenvalue weighted by Crippen LogP contribution is -2.50. The number of quaternary nitrogens is 1. The lowest BCUT2D eigenvalue weighted by atomic mass is 10.1. The number of nitrogens with zero attached hydrogens (tertiary/aromatic N) is 1. The van der Waals surface area contributed by atoms with Crippen molar-refractivity contribution in [2.45, 2.75) is 0 Å². The molecule has 0 saturated heterocycles. The van der Waals surface area contributed by atoms with E-state index < -0.39 is 0 Å². The molecule has 0 bridgehead atoms. The fourth-order valence-electron chi connectivity index (χ4n) is 2.45. The maximum atomic E-state index is 12.7. The first-order valence-electron chi connectivity index (χ1n) is 6.65. The first kappa shape index (κ1) is 17.0. The van der Waals surface area contributed by atoms with E-state index in [-0.39, 0.29) is 16.3 Å². The Hall–Kier alpha value is -1.32. The lowest BCUT2D eigenvalue weighted by molar-refractivity contribution is -0.124. The van der Waals surface area contributed by atoms with Gasteiger partial charge in [0.2, 0.25) is 0 Å². The van der Waals surface area contributed by atoms with E-state index in [0.29, 0.717) is 16.6 Å². The van der Waals surface area contributed by atoms with Gasteiger partial charge in [0.1, 0.15) is 23.8 Å². The molecule has 5 heteroatoms. The minimum absolute atomic E-state index is 0.0786. The number of hydrogen-bond acceptors (Lipinski definition) is 1. The molecular weight excluding hydrogens is 341 g/mol. The first-order valence-corrected chi connectivity index (χ1v) is 7.94. The van der Waals surface area contributed by atoms with Gasteiger partial charge >= 0.3 is 5.91 Å². The minimum Gasteiger partial charge on any atom is -0.229 e. The van der Waals surface area contributed by atoms with Crippen LogP contribution in [-0.2, 0) is 4.79 Å². The Labute approximate surface area is 145 Å². The van der Waals surface area contributed by atoms with E-state index >= 15 is 0 Å². The van der Waals surface area contributed by atoms with Gasteiger partial charge in [-0.3, -0.25) is 0 Å². The highest BCUT2D eigenvalue weighted by molar-refractivity contribution is 6.31. The molecule has 0 fully saturated rings. The summed E-state index contributed by atoms with van der Waals surface area (Å²) in [5.74, 6) is -0.283. The van der Waals surface area contributed by atoms with Crippen LogP contribution in [0.2, 0.25) is 10.0 Å². The Morgan fingerprint density at radius 2 is 1.73 bits per heavy atom. The second-order valence-corrected chi connectivity index (χ2v) is 5.90. The van der Waals surface area contributed by atoms with Gasteiger partial charge in [-0.1, -0.05) is 35.8 Å². The number of hydrogen-bond donors (Lipinski definition) is 0. The maximum absolute atomic E-state index is 12.7. The molecule has 2 rings (SSSR count). The second kappa shape index (κ2) is 7.30. The Bertz CT molecular complexity index is 685. The van der Waals surface area contributed by atoms with Gasteiger partial charge in [0.25, 0.3) is 0 Å². The summed E-state index contributed by atoms with van der Waals surface area (Å²) in [5, 5.41) is 1.16. The third-order valence-electron chi connectivity index (χ3n) is 3.46. The van der Waals surface area contributed by atoms with Crippen LogP contribution >= 0.6 is 34.8 Å². The quantitative estimate of drug-likeness (QED) is 0.388. The molecular formula is C17H15Cl3NO+. The van der Waals surface area contributed by atoms with Crippen molar-refractivity contribution in [3.8, 4) is 0 Å². The van der Waals surface area contributed by atoms with Crippen LogP contribution in [0.4, 0.5) is 11.4 Å². The van der Waals surface area contributed by atoms with Crippen molar-refractivity contribution in [2.75, 3.05) is 12.4 Å². The van der Waals surface area contributed by atoms with E-state index in [1.807, 2.05) is 24.3 Å². The largest absolute Gasteiger partial charge is 0.338 e. The summed E-state index contributed by atoms with van der Waals surface area (Å²) in [6.45, 7) is 4.15. The molecule has 0 aromatic heterocycles. The number of halogens is 3. The molecule has 114 valence electrons. The van der Waals surface area contributed by atoms with Crippen molar-refractivity contribution in [2.24, 2.45) is 0 Å². The molecule has 1 amide bonds. The van der Waals surface area contributed by atoms with Crippen LogP contribution < -0.4 is 4.48 Å². The van der Waals surface area contributed by atoms with Crippen LogP contribution in [0, 0.1) is 0 Å². The first-order chi connectivity index (χ1) is 10.5. The van der Waals surface area contributed by atoms with Crippen molar-refractivity contribution in [3.05, 3.63) is 71.2 Å². The highest BCUT2D eigenvalue weighted by Gasteiger charge is 2.40. The van der Waals surface area contributed by atoms with Crippen LogP contribution in [0.1, 0.15) is 0 Å². The molecule has 0 radical (unpaired) electrons. The Kier molecular flexibility index (Phi) is 5.65. The summed E-state index contributed by atoms with van der Waals surface area (Å²) in [4.78, 5) is 12.7. The molecule has 0 aliphatic heterocycles. The van der Waals surface area contributed by atoms with E-state index in [9.17, 15) is 4.79 Å². The van der Waals surface area contributed by atoms with Gasteiger partial charge in [-0.05, 0) is 24.3 Å². The van der Waals surface area contributed by atoms with Gasteiger partial charge in [0.15, 0.2) is 0 Å². The van der Waals surface area contributed by atoms with Crippen LogP contribution in [0.15, 0.2) is 61.2 Å². The fourth-order valence-corrected chi connectivity index (χ4v) is 2.97. The third-order valence-corrected chi connectivity index (χ3v) is 4.18. The number of benzene rings is 2. The maximum Gasteiger partial charge on any atom is 0.338 e. The summed E-state index contributed by atoms with van der Waals surface area (Å²) in [6.07, 6.45) is 1.69. The zero-order valence-electron chi connectivity index (χ0n) is 11.8. The van der Waals surface area contributed by atoms with Gasteiger partial charge < -0.3 is 0 Å².